The fourth-order valence-corrected chi connectivity index (χ4v) is 3.49. The Balaban J connectivity index is 1.54. The highest BCUT2D eigenvalue weighted by molar-refractivity contribution is 7.14. The number of ether oxygens (including phenoxy) is 3. The Kier molecular flexibility index (Phi) is 6.76. The van der Waals surface area contributed by atoms with Gasteiger partial charge in [-0.1, -0.05) is 0 Å². The molecule has 3 rings (SSSR count). The second kappa shape index (κ2) is 9.25. The summed E-state index contributed by atoms with van der Waals surface area (Å²) in [6, 6.07) is 4.62. The summed E-state index contributed by atoms with van der Waals surface area (Å²) in [5, 5.41) is 4.94. The number of methoxy groups -OCH3 is 1. The number of carbonyl (C=O) groups is 1. The second-order valence-corrected chi connectivity index (χ2v) is 7.20. The van der Waals surface area contributed by atoms with Crippen LogP contribution in [-0.2, 0) is 14.3 Å². The van der Waals surface area contributed by atoms with Crippen molar-refractivity contribution in [2.45, 2.75) is 38.4 Å². The summed E-state index contributed by atoms with van der Waals surface area (Å²) >= 11 is 1.28. The van der Waals surface area contributed by atoms with Crippen LogP contribution in [0.5, 0.6) is 5.75 Å². The third kappa shape index (κ3) is 5.24. The Labute approximate surface area is 161 Å². The standard InChI is InChI=1S/C19H23FN2O4S/c1-12(26-10-14-5-3-4-8-25-14)18(23)22-19-21-16(11-27-19)13-6-7-17(24-2)15(20)9-13/h6-7,9,11-12,14H,3-5,8,10H2,1-2H3,(H,21,22,23). The quantitative estimate of drug-likeness (QED) is 0.772. The fourth-order valence-electron chi connectivity index (χ4n) is 2.76. The van der Waals surface area contributed by atoms with Crippen molar-refractivity contribution in [1.29, 1.82) is 0 Å². The first-order valence-corrected chi connectivity index (χ1v) is 9.78. The van der Waals surface area contributed by atoms with Crippen LogP contribution in [0.2, 0.25) is 0 Å². The molecule has 1 aliphatic rings. The molecular formula is C19H23FN2O4S. The van der Waals surface area contributed by atoms with Gasteiger partial charge in [0.15, 0.2) is 16.7 Å². The normalized spacial score (nSPS) is 18.1. The molecule has 0 saturated carbocycles. The monoisotopic (exact) mass is 394 g/mol. The van der Waals surface area contributed by atoms with Gasteiger partial charge in [-0.15, -0.1) is 11.3 Å². The molecule has 0 aliphatic carbocycles. The number of aromatic nitrogens is 1. The van der Waals surface area contributed by atoms with Crippen LogP contribution in [0.4, 0.5) is 9.52 Å². The van der Waals surface area contributed by atoms with E-state index < -0.39 is 11.9 Å². The number of rotatable bonds is 7. The van der Waals surface area contributed by atoms with Crippen LogP contribution in [-0.4, -0.2) is 43.4 Å². The van der Waals surface area contributed by atoms with Crippen LogP contribution >= 0.6 is 11.3 Å². The van der Waals surface area contributed by atoms with Crippen molar-refractivity contribution in [3.63, 3.8) is 0 Å². The Bertz CT molecular complexity index is 777. The summed E-state index contributed by atoms with van der Waals surface area (Å²) in [4.78, 5) is 16.6. The number of hydrogen-bond donors (Lipinski definition) is 1. The molecular weight excluding hydrogens is 371 g/mol. The molecule has 0 radical (unpaired) electrons. The van der Waals surface area contributed by atoms with E-state index in [9.17, 15) is 9.18 Å². The van der Waals surface area contributed by atoms with Crippen molar-refractivity contribution < 1.29 is 23.4 Å². The predicted molar refractivity (Wildman–Crippen MR) is 102 cm³/mol. The summed E-state index contributed by atoms with van der Waals surface area (Å²) in [7, 11) is 1.41. The topological polar surface area (TPSA) is 69.7 Å². The number of nitrogens with zero attached hydrogens (tertiary/aromatic N) is 1. The molecule has 2 aromatic rings. The van der Waals surface area contributed by atoms with Gasteiger partial charge in [0.25, 0.3) is 5.91 Å². The van der Waals surface area contributed by atoms with E-state index >= 15 is 0 Å². The maximum Gasteiger partial charge on any atom is 0.254 e. The summed E-state index contributed by atoms with van der Waals surface area (Å²) in [5.41, 5.74) is 1.20. The number of halogens is 1. The lowest BCUT2D eigenvalue weighted by molar-refractivity contribution is -0.130. The van der Waals surface area contributed by atoms with Crippen molar-refractivity contribution in [2.24, 2.45) is 0 Å². The Morgan fingerprint density at radius 1 is 1.48 bits per heavy atom. The molecule has 2 unspecified atom stereocenters. The third-order valence-electron chi connectivity index (χ3n) is 4.36. The lowest BCUT2D eigenvalue weighted by Gasteiger charge is -2.23. The number of carbonyl (C=O) groups excluding carboxylic acids is 1. The molecule has 0 spiro atoms. The SMILES string of the molecule is COc1ccc(-c2csc(NC(=O)C(C)OCC3CCCCO3)n2)cc1F. The maximum atomic E-state index is 13.9. The van der Waals surface area contributed by atoms with Crippen molar-refractivity contribution in [3.8, 4) is 17.0 Å². The fraction of sp³-hybridized carbons (Fsp3) is 0.474. The molecule has 2 heterocycles. The lowest BCUT2D eigenvalue weighted by Crippen LogP contribution is -2.32. The van der Waals surface area contributed by atoms with Crippen LogP contribution in [0, 0.1) is 5.82 Å². The van der Waals surface area contributed by atoms with Crippen LogP contribution < -0.4 is 10.1 Å². The van der Waals surface area contributed by atoms with E-state index in [1.807, 2.05) is 0 Å². The van der Waals surface area contributed by atoms with Gasteiger partial charge in [0.05, 0.1) is 25.5 Å². The van der Waals surface area contributed by atoms with Crippen LogP contribution in [0.25, 0.3) is 11.3 Å². The Hall–Kier alpha value is -2.03. The number of thiazole rings is 1. The predicted octanol–water partition coefficient (Wildman–Crippen LogP) is 3.87. The first kappa shape index (κ1) is 19.7. The van der Waals surface area contributed by atoms with Crippen molar-refractivity contribution in [2.75, 3.05) is 25.6 Å². The summed E-state index contributed by atoms with van der Waals surface area (Å²) < 4.78 is 30.0. The van der Waals surface area contributed by atoms with Gasteiger partial charge in [-0.3, -0.25) is 10.1 Å². The molecule has 6 nitrogen and oxygen atoms in total. The van der Waals surface area contributed by atoms with Gasteiger partial charge in [-0.2, -0.15) is 0 Å². The van der Waals surface area contributed by atoms with E-state index in [0.29, 0.717) is 23.0 Å². The van der Waals surface area contributed by atoms with Gasteiger partial charge in [-0.05, 0) is 44.4 Å². The van der Waals surface area contributed by atoms with Gasteiger partial charge in [-0.25, -0.2) is 9.37 Å². The number of amides is 1. The molecule has 1 aliphatic heterocycles. The maximum absolute atomic E-state index is 13.9. The molecule has 1 saturated heterocycles. The van der Waals surface area contributed by atoms with Crippen LogP contribution in [0.3, 0.4) is 0 Å². The minimum Gasteiger partial charge on any atom is -0.494 e. The van der Waals surface area contributed by atoms with Crippen LogP contribution in [0.15, 0.2) is 23.6 Å². The Morgan fingerprint density at radius 3 is 3.04 bits per heavy atom. The van der Waals surface area contributed by atoms with E-state index in [4.69, 9.17) is 14.2 Å². The van der Waals surface area contributed by atoms with Gasteiger partial charge in [0, 0.05) is 17.6 Å². The number of hydrogen-bond acceptors (Lipinski definition) is 6. The average molecular weight is 394 g/mol. The summed E-state index contributed by atoms with van der Waals surface area (Å²) in [6.07, 6.45) is 2.62. The smallest absolute Gasteiger partial charge is 0.254 e. The molecule has 1 N–H and O–H groups in total. The van der Waals surface area contributed by atoms with Gasteiger partial charge >= 0.3 is 0 Å². The van der Waals surface area contributed by atoms with Crippen LogP contribution in [0.1, 0.15) is 26.2 Å². The highest BCUT2D eigenvalue weighted by Gasteiger charge is 2.20. The van der Waals surface area contributed by atoms with Gasteiger partial charge in [0.1, 0.15) is 6.10 Å². The van der Waals surface area contributed by atoms with E-state index in [2.05, 4.69) is 10.3 Å². The molecule has 1 aromatic carbocycles. The zero-order valence-electron chi connectivity index (χ0n) is 15.4. The first-order valence-electron chi connectivity index (χ1n) is 8.90. The Morgan fingerprint density at radius 2 is 2.33 bits per heavy atom. The van der Waals surface area contributed by atoms with Crippen molar-refractivity contribution >= 4 is 22.4 Å². The van der Waals surface area contributed by atoms with Gasteiger partial charge in [0.2, 0.25) is 0 Å². The minimum atomic E-state index is -0.610. The molecule has 1 aromatic heterocycles. The molecule has 1 fully saturated rings. The highest BCUT2D eigenvalue weighted by Crippen LogP contribution is 2.28. The molecule has 27 heavy (non-hydrogen) atoms. The number of nitrogens with one attached hydrogen (secondary N) is 1. The zero-order valence-corrected chi connectivity index (χ0v) is 16.2. The third-order valence-corrected chi connectivity index (χ3v) is 5.11. The van der Waals surface area contributed by atoms with E-state index in [-0.39, 0.29) is 17.8 Å². The second-order valence-electron chi connectivity index (χ2n) is 6.34. The zero-order chi connectivity index (χ0) is 19.2. The minimum absolute atomic E-state index is 0.0606. The summed E-state index contributed by atoms with van der Waals surface area (Å²) in [6.45, 7) is 2.86. The number of benzene rings is 1. The largest absolute Gasteiger partial charge is 0.494 e. The van der Waals surface area contributed by atoms with E-state index in [1.54, 1.807) is 24.4 Å². The highest BCUT2D eigenvalue weighted by atomic mass is 32.1. The average Bonchev–Trinajstić information content (AvgIpc) is 3.15. The number of anilines is 1. The van der Waals surface area contributed by atoms with E-state index in [0.717, 1.165) is 25.9 Å². The molecule has 0 bridgehead atoms. The first-order chi connectivity index (χ1) is 13.1. The molecule has 8 heteroatoms. The van der Waals surface area contributed by atoms with Gasteiger partial charge < -0.3 is 14.2 Å². The molecule has 146 valence electrons. The molecule has 1 amide bonds. The summed E-state index contributed by atoms with van der Waals surface area (Å²) in [5.74, 6) is -0.552. The van der Waals surface area contributed by atoms with Crippen molar-refractivity contribution in [3.05, 3.63) is 29.4 Å². The van der Waals surface area contributed by atoms with Crippen molar-refractivity contribution in [1.82, 2.24) is 4.98 Å². The molecule has 2 atom stereocenters. The lowest BCUT2D eigenvalue weighted by atomic mass is 10.1. The van der Waals surface area contributed by atoms with E-state index in [1.165, 1.54) is 24.5 Å².